The van der Waals surface area contributed by atoms with Crippen LogP contribution >= 0.6 is 22.7 Å². The van der Waals surface area contributed by atoms with Gasteiger partial charge in [-0.05, 0) is 30.5 Å². The molecular formula is C20H17FN4O2S2. The molecule has 4 aromatic rings. The molecule has 148 valence electrons. The number of hydrogen-bond donors (Lipinski definition) is 2. The lowest BCUT2D eigenvalue weighted by Crippen LogP contribution is -1.96. The zero-order valence-electron chi connectivity index (χ0n) is 15.4. The van der Waals surface area contributed by atoms with E-state index >= 15 is 0 Å². The van der Waals surface area contributed by atoms with Crippen LogP contribution in [-0.2, 0) is 6.61 Å². The summed E-state index contributed by atoms with van der Waals surface area (Å²) in [4.78, 5) is 10.4. The number of aliphatic hydroxyl groups excluding tert-OH is 1. The molecule has 0 aliphatic carbocycles. The van der Waals surface area contributed by atoms with Crippen LogP contribution in [0.25, 0.3) is 20.7 Å². The predicted octanol–water partition coefficient (Wildman–Crippen LogP) is 4.90. The minimum absolute atomic E-state index is 0.215. The minimum Gasteiger partial charge on any atom is -0.493 e. The van der Waals surface area contributed by atoms with E-state index in [4.69, 9.17) is 4.74 Å². The van der Waals surface area contributed by atoms with Crippen LogP contribution in [0.4, 0.5) is 10.2 Å². The van der Waals surface area contributed by atoms with Gasteiger partial charge in [-0.2, -0.15) is 5.10 Å². The first kappa shape index (κ1) is 19.4. The number of halogens is 1. The van der Waals surface area contributed by atoms with Crippen LogP contribution in [0.15, 0.2) is 47.1 Å². The largest absolute Gasteiger partial charge is 0.493 e. The molecule has 0 atom stereocenters. The standard InChI is InChI=1S/C20H17FN4O2S2/c1-2-27-16-8-12(21)5-6-14(16)18-15(10-26)17-19(29-18)20(23-11-22-17)25-24-9-13-4-3-7-28-13/h3-9,11,26H,2,10H2,1H3,(H,22,23,25)/b24-9+. The van der Waals surface area contributed by atoms with Crippen molar-refractivity contribution in [2.24, 2.45) is 5.10 Å². The number of fused-ring (bicyclic) bond motifs is 1. The fraction of sp³-hybridized carbons (Fsp3) is 0.150. The van der Waals surface area contributed by atoms with Crippen LogP contribution in [0, 0.1) is 5.82 Å². The zero-order chi connectivity index (χ0) is 20.2. The number of hydrogen-bond acceptors (Lipinski definition) is 8. The SMILES string of the molecule is CCOc1cc(F)ccc1-c1sc2c(N/N=C/c3cccs3)ncnc2c1CO. The Kier molecular flexibility index (Phi) is 5.79. The van der Waals surface area contributed by atoms with E-state index in [-0.39, 0.29) is 12.4 Å². The lowest BCUT2D eigenvalue weighted by Gasteiger charge is -2.10. The molecular weight excluding hydrogens is 411 g/mol. The fourth-order valence-corrected chi connectivity index (χ4v) is 4.70. The molecule has 3 heterocycles. The average Bonchev–Trinajstić information content (AvgIpc) is 3.36. The summed E-state index contributed by atoms with van der Waals surface area (Å²) in [5.41, 5.74) is 4.93. The molecule has 4 rings (SSSR count). The van der Waals surface area contributed by atoms with Gasteiger partial charge >= 0.3 is 0 Å². The van der Waals surface area contributed by atoms with Gasteiger partial charge in [0.05, 0.1) is 29.6 Å². The van der Waals surface area contributed by atoms with E-state index in [1.165, 1.54) is 29.8 Å². The van der Waals surface area contributed by atoms with Crippen LogP contribution in [0.1, 0.15) is 17.4 Å². The summed E-state index contributed by atoms with van der Waals surface area (Å²) in [5, 5.41) is 16.2. The third-order valence-corrected chi connectivity index (χ3v) is 6.19. The summed E-state index contributed by atoms with van der Waals surface area (Å²) in [5.74, 6) is 0.578. The van der Waals surface area contributed by atoms with Gasteiger partial charge in [0.25, 0.3) is 0 Å². The van der Waals surface area contributed by atoms with Gasteiger partial charge in [-0.15, -0.1) is 22.7 Å². The molecule has 0 radical (unpaired) electrons. The highest BCUT2D eigenvalue weighted by atomic mass is 32.1. The Labute approximate surface area is 174 Å². The van der Waals surface area contributed by atoms with E-state index in [0.29, 0.717) is 34.8 Å². The van der Waals surface area contributed by atoms with Gasteiger partial charge in [0.15, 0.2) is 5.82 Å². The molecule has 0 saturated heterocycles. The summed E-state index contributed by atoms with van der Waals surface area (Å²) < 4.78 is 20.1. The Morgan fingerprint density at radius 1 is 1.31 bits per heavy atom. The van der Waals surface area contributed by atoms with Crippen LogP contribution in [0.3, 0.4) is 0 Å². The number of ether oxygens (including phenoxy) is 1. The monoisotopic (exact) mass is 428 g/mol. The van der Waals surface area contributed by atoms with Gasteiger partial charge in [-0.25, -0.2) is 14.4 Å². The predicted molar refractivity (Wildman–Crippen MR) is 115 cm³/mol. The van der Waals surface area contributed by atoms with E-state index in [1.54, 1.807) is 23.6 Å². The van der Waals surface area contributed by atoms with Crippen molar-refractivity contribution in [2.45, 2.75) is 13.5 Å². The quantitative estimate of drug-likeness (QED) is 0.323. The molecule has 0 spiro atoms. The van der Waals surface area contributed by atoms with Crippen molar-refractivity contribution in [1.82, 2.24) is 9.97 Å². The number of aliphatic hydroxyl groups is 1. The summed E-state index contributed by atoms with van der Waals surface area (Å²) in [6.07, 6.45) is 3.14. The maximum Gasteiger partial charge on any atom is 0.167 e. The third kappa shape index (κ3) is 3.98. The first-order valence-electron chi connectivity index (χ1n) is 8.83. The minimum atomic E-state index is -0.381. The molecule has 0 aliphatic rings. The number of benzene rings is 1. The van der Waals surface area contributed by atoms with Gasteiger partial charge in [0.1, 0.15) is 17.9 Å². The fourth-order valence-electron chi connectivity index (χ4n) is 2.88. The lowest BCUT2D eigenvalue weighted by atomic mass is 10.1. The number of hydrazone groups is 1. The normalized spacial score (nSPS) is 11.4. The van der Waals surface area contributed by atoms with E-state index in [1.807, 2.05) is 24.4 Å². The lowest BCUT2D eigenvalue weighted by molar-refractivity contribution is 0.284. The third-order valence-electron chi connectivity index (χ3n) is 4.12. The molecule has 0 amide bonds. The molecule has 0 fully saturated rings. The Morgan fingerprint density at radius 3 is 2.97 bits per heavy atom. The van der Waals surface area contributed by atoms with Crippen LogP contribution in [-0.4, -0.2) is 27.9 Å². The highest BCUT2D eigenvalue weighted by Crippen LogP contribution is 2.43. The molecule has 0 bridgehead atoms. The first-order chi connectivity index (χ1) is 14.2. The maximum atomic E-state index is 13.7. The van der Waals surface area contributed by atoms with Gasteiger partial charge in [0, 0.05) is 26.9 Å². The number of rotatable bonds is 7. The van der Waals surface area contributed by atoms with E-state index in [2.05, 4.69) is 20.5 Å². The first-order valence-corrected chi connectivity index (χ1v) is 10.5. The molecule has 0 aliphatic heterocycles. The highest BCUT2D eigenvalue weighted by molar-refractivity contribution is 7.23. The van der Waals surface area contributed by atoms with Crippen LogP contribution < -0.4 is 10.2 Å². The van der Waals surface area contributed by atoms with Crippen molar-refractivity contribution in [2.75, 3.05) is 12.0 Å². The Morgan fingerprint density at radius 2 is 2.21 bits per heavy atom. The van der Waals surface area contributed by atoms with Gasteiger partial charge < -0.3 is 9.84 Å². The van der Waals surface area contributed by atoms with E-state index in [0.717, 1.165) is 14.5 Å². The van der Waals surface area contributed by atoms with Crippen molar-refractivity contribution in [3.8, 4) is 16.2 Å². The van der Waals surface area contributed by atoms with Crippen molar-refractivity contribution in [1.29, 1.82) is 0 Å². The molecule has 0 saturated carbocycles. The highest BCUT2D eigenvalue weighted by Gasteiger charge is 2.20. The topological polar surface area (TPSA) is 79.6 Å². The summed E-state index contributed by atoms with van der Waals surface area (Å²) >= 11 is 2.98. The van der Waals surface area contributed by atoms with Crippen molar-refractivity contribution >= 4 is 44.9 Å². The van der Waals surface area contributed by atoms with Crippen molar-refractivity contribution < 1.29 is 14.2 Å². The summed E-state index contributed by atoms with van der Waals surface area (Å²) in [7, 11) is 0. The van der Waals surface area contributed by atoms with Gasteiger partial charge in [-0.1, -0.05) is 6.07 Å². The Bertz CT molecular complexity index is 1160. The second-order valence-electron chi connectivity index (χ2n) is 5.93. The number of aromatic nitrogens is 2. The van der Waals surface area contributed by atoms with Crippen molar-refractivity contribution in [3.63, 3.8) is 0 Å². The number of nitrogens with zero attached hydrogens (tertiary/aromatic N) is 3. The number of anilines is 1. The Hall–Kier alpha value is -2.88. The van der Waals surface area contributed by atoms with Crippen LogP contribution in [0.2, 0.25) is 0 Å². The average molecular weight is 429 g/mol. The molecule has 29 heavy (non-hydrogen) atoms. The Balaban J connectivity index is 1.78. The molecule has 3 aromatic heterocycles. The molecule has 6 nitrogen and oxygen atoms in total. The van der Waals surface area contributed by atoms with Gasteiger partial charge in [0.2, 0.25) is 0 Å². The summed E-state index contributed by atoms with van der Waals surface area (Å²) in [6.45, 7) is 2.03. The van der Waals surface area contributed by atoms with Gasteiger partial charge in [-0.3, -0.25) is 5.43 Å². The van der Waals surface area contributed by atoms with Crippen molar-refractivity contribution in [3.05, 3.63) is 58.3 Å². The molecule has 2 N–H and O–H groups in total. The second-order valence-corrected chi connectivity index (χ2v) is 7.93. The zero-order valence-corrected chi connectivity index (χ0v) is 17.1. The molecule has 0 unspecified atom stereocenters. The molecule has 9 heteroatoms. The van der Waals surface area contributed by atoms with Crippen LogP contribution in [0.5, 0.6) is 5.75 Å². The smallest absolute Gasteiger partial charge is 0.167 e. The summed E-state index contributed by atoms with van der Waals surface area (Å²) in [6, 6.07) is 8.29. The van der Waals surface area contributed by atoms with E-state index < -0.39 is 0 Å². The number of nitrogens with one attached hydrogen (secondary N) is 1. The molecule has 1 aromatic carbocycles. The maximum absolute atomic E-state index is 13.7. The van der Waals surface area contributed by atoms with E-state index in [9.17, 15) is 9.50 Å². The number of thiophene rings is 2. The second kappa shape index (κ2) is 8.64.